The number of fused-ring (bicyclic) bond motifs is 1. The van der Waals surface area contributed by atoms with Crippen LogP contribution in [0.2, 0.25) is 0 Å². The average Bonchev–Trinajstić information content (AvgIpc) is 2.99. The van der Waals surface area contributed by atoms with E-state index in [2.05, 4.69) is 6.58 Å². The number of hydrogen-bond donors (Lipinski definition) is 0. The highest BCUT2D eigenvalue weighted by molar-refractivity contribution is 6.21. The van der Waals surface area contributed by atoms with Gasteiger partial charge in [-0.25, -0.2) is 4.79 Å². The Bertz CT molecular complexity index is 820. The topological polar surface area (TPSA) is 76.2 Å². The van der Waals surface area contributed by atoms with Crippen LogP contribution in [0.15, 0.2) is 36.9 Å². The summed E-state index contributed by atoms with van der Waals surface area (Å²) in [6, 6.07) is 6.17. The summed E-state index contributed by atoms with van der Waals surface area (Å²) >= 11 is 0. The smallest absolute Gasteiger partial charge is 0.412 e. The standard InChI is InChI=1S/C22H28N2O5/c1-7-10-17-16(24(22(5,6)28-17)20(27)29-21(2,3)4)13-23-18(25)14-11-8-9-12-15(14)19(23)26/h7-9,11-12,16-17H,1,10,13H2,2-6H3/t16-,17+/m1/s1. The van der Waals surface area contributed by atoms with Crippen molar-refractivity contribution in [2.75, 3.05) is 6.54 Å². The molecule has 0 aliphatic carbocycles. The molecule has 3 amide bonds. The fourth-order valence-corrected chi connectivity index (χ4v) is 3.90. The first-order valence-corrected chi connectivity index (χ1v) is 9.72. The summed E-state index contributed by atoms with van der Waals surface area (Å²) in [4.78, 5) is 41.4. The van der Waals surface area contributed by atoms with E-state index in [1.165, 1.54) is 9.80 Å². The lowest BCUT2D eigenvalue weighted by molar-refractivity contribution is -0.0782. The SMILES string of the molecule is C=CC[C@@H]1OC(C)(C)N(C(=O)OC(C)(C)C)[C@@H]1CN1C(=O)c2ccccc2C1=O. The van der Waals surface area contributed by atoms with Crippen molar-refractivity contribution in [1.29, 1.82) is 0 Å². The molecule has 0 N–H and O–H groups in total. The van der Waals surface area contributed by atoms with E-state index in [1.54, 1.807) is 65.0 Å². The van der Waals surface area contributed by atoms with Crippen LogP contribution in [-0.2, 0) is 9.47 Å². The van der Waals surface area contributed by atoms with Gasteiger partial charge in [-0.1, -0.05) is 18.2 Å². The second kappa shape index (κ2) is 7.30. The molecule has 2 heterocycles. The summed E-state index contributed by atoms with van der Waals surface area (Å²) in [6.45, 7) is 12.7. The predicted molar refractivity (Wildman–Crippen MR) is 107 cm³/mol. The maximum Gasteiger partial charge on any atom is 0.412 e. The van der Waals surface area contributed by atoms with E-state index >= 15 is 0 Å². The highest BCUT2D eigenvalue weighted by Crippen LogP contribution is 2.36. The Morgan fingerprint density at radius 2 is 1.76 bits per heavy atom. The molecular weight excluding hydrogens is 372 g/mol. The van der Waals surface area contributed by atoms with Crippen molar-refractivity contribution in [1.82, 2.24) is 9.80 Å². The molecule has 0 unspecified atom stereocenters. The molecule has 0 spiro atoms. The van der Waals surface area contributed by atoms with Crippen molar-refractivity contribution in [3.8, 4) is 0 Å². The zero-order valence-electron chi connectivity index (χ0n) is 17.6. The summed E-state index contributed by atoms with van der Waals surface area (Å²) < 4.78 is 11.7. The van der Waals surface area contributed by atoms with Crippen molar-refractivity contribution < 1.29 is 23.9 Å². The number of amides is 3. The third-order valence-corrected chi connectivity index (χ3v) is 5.02. The van der Waals surface area contributed by atoms with Crippen LogP contribution in [-0.4, -0.2) is 57.7 Å². The molecule has 1 fully saturated rings. The van der Waals surface area contributed by atoms with Gasteiger partial charge in [0.05, 0.1) is 29.8 Å². The van der Waals surface area contributed by atoms with Crippen LogP contribution in [0.5, 0.6) is 0 Å². The summed E-state index contributed by atoms with van der Waals surface area (Å²) in [6.07, 6.45) is 1.21. The maximum atomic E-state index is 13.0. The third kappa shape index (κ3) is 3.92. The first-order valence-electron chi connectivity index (χ1n) is 9.72. The average molecular weight is 400 g/mol. The quantitative estimate of drug-likeness (QED) is 0.570. The number of carbonyl (C=O) groups excluding carboxylic acids is 3. The van der Waals surface area contributed by atoms with E-state index in [4.69, 9.17) is 9.47 Å². The van der Waals surface area contributed by atoms with Gasteiger partial charge in [0.1, 0.15) is 11.3 Å². The Morgan fingerprint density at radius 3 is 2.24 bits per heavy atom. The number of rotatable bonds is 4. The molecule has 3 rings (SSSR count). The van der Waals surface area contributed by atoms with Crippen molar-refractivity contribution in [3.63, 3.8) is 0 Å². The number of ether oxygens (including phenoxy) is 2. The van der Waals surface area contributed by atoms with Crippen LogP contribution in [0, 0.1) is 0 Å². The van der Waals surface area contributed by atoms with Gasteiger partial charge in [-0.15, -0.1) is 6.58 Å². The molecule has 0 aromatic heterocycles. The minimum Gasteiger partial charge on any atom is -0.444 e. The maximum absolute atomic E-state index is 13.0. The van der Waals surface area contributed by atoms with Crippen LogP contribution < -0.4 is 0 Å². The molecule has 0 radical (unpaired) electrons. The van der Waals surface area contributed by atoms with E-state index in [9.17, 15) is 14.4 Å². The zero-order chi connectivity index (χ0) is 21.6. The first-order chi connectivity index (χ1) is 13.5. The second-order valence-electron chi connectivity index (χ2n) is 8.81. The number of nitrogens with zero attached hydrogens (tertiary/aromatic N) is 2. The van der Waals surface area contributed by atoms with E-state index in [0.717, 1.165) is 0 Å². The molecule has 7 heteroatoms. The van der Waals surface area contributed by atoms with E-state index < -0.39 is 29.6 Å². The Kier molecular flexibility index (Phi) is 5.30. The van der Waals surface area contributed by atoms with Crippen LogP contribution in [0.3, 0.4) is 0 Å². The van der Waals surface area contributed by atoms with Gasteiger partial charge in [0.25, 0.3) is 11.8 Å². The molecule has 156 valence electrons. The van der Waals surface area contributed by atoms with Crippen molar-refractivity contribution in [2.45, 2.75) is 64.5 Å². The Morgan fingerprint density at radius 1 is 1.21 bits per heavy atom. The lowest BCUT2D eigenvalue weighted by Crippen LogP contribution is -2.54. The number of carbonyl (C=O) groups is 3. The normalized spacial score (nSPS) is 23.3. The molecule has 2 aliphatic rings. The van der Waals surface area contributed by atoms with Gasteiger partial charge in [0.15, 0.2) is 0 Å². The predicted octanol–water partition coefficient (Wildman–Crippen LogP) is 3.60. The Hall–Kier alpha value is -2.67. The molecule has 7 nitrogen and oxygen atoms in total. The van der Waals surface area contributed by atoms with Crippen molar-refractivity contribution >= 4 is 17.9 Å². The molecule has 2 aliphatic heterocycles. The lowest BCUT2D eigenvalue weighted by Gasteiger charge is -2.36. The van der Waals surface area contributed by atoms with E-state index in [-0.39, 0.29) is 18.4 Å². The van der Waals surface area contributed by atoms with Crippen LogP contribution in [0.4, 0.5) is 4.79 Å². The van der Waals surface area contributed by atoms with Crippen LogP contribution in [0.25, 0.3) is 0 Å². The fourth-order valence-electron chi connectivity index (χ4n) is 3.90. The second-order valence-corrected chi connectivity index (χ2v) is 8.81. The van der Waals surface area contributed by atoms with Gasteiger partial charge in [0.2, 0.25) is 0 Å². The number of imide groups is 1. The molecule has 1 saturated heterocycles. The highest BCUT2D eigenvalue weighted by atomic mass is 16.6. The van der Waals surface area contributed by atoms with Gasteiger partial charge in [-0.3, -0.25) is 19.4 Å². The van der Waals surface area contributed by atoms with E-state index in [0.29, 0.717) is 17.5 Å². The van der Waals surface area contributed by atoms with Gasteiger partial charge in [-0.05, 0) is 53.2 Å². The fraction of sp³-hybridized carbons (Fsp3) is 0.500. The summed E-state index contributed by atoms with van der Waals surface area (Å²) in [5.74, 6) is -0.728. The molecule has 2 atom stereocenters. The van der Waals surface area contributed by atoms with Gasteiger partial charge in [0, 0.05) is 0 Å². The molecule has 0 saturated carbocycles. The molecule has 0 bridgehead atoms. The largest absolute Gasteiger partial charge is 0.444 e. The summed E-state index contributed by atoms with van der Waals surface area (Å²) in [5, 5.41) is 0. The Labute approximate surface area is 171 Å². The monoisotopic (exact) mass is 400 g/mol. The van der Waals surface area contributed by atoms with Gasteiger partial charge in [-0.2, -0.15) is 0 Å². The van der Waals surface area contributed by atoms with Gasteiger partial charge >= 0.3 is 6.09 Å². The van der Waals surface area contributed by atoms with Crippen molar-refractivity contribution in [2.24, 2.45) is 0 Å². The number of benzene rings is 1. The van der Waals surface area contributed by atoms with Crippen LogP contribution in [0.1, 0.15) is 61.8 Å². The lowest BCUT2D eigenvalue weighted by atomic mass is 10.1. The first kappa shape index (κ1) is 21.0. The van der Waals surface area contributed by atoms with Crippen molar-refractivity contribution in [3.05, 3.63) is 48.0 Å². The molecule has 29 heavy (non-hydrogen) atoms. The highest BCUT2D eigenvalue weighted by Gasteiger charge is 2.52. The summed E-state index contributed by atoms with van der Waals surface area (Å²) in [7, 11) is 0. The third-order valence-electron chi connectivity index (χ3n) is 5.02. The zero-order valence-corrected chi connectivity index (χ0v) is 17.6. The molecule has 1 aromatic rings. The summed E-state index contributed by atoms with van der Waals surface area (Å²) in [5.41, 5.74) is -0.900. The Balaban J connectivity index is 1.93. The minimum absolute atomic E-state index is 0.0214. The van der Waals surface area contributed by atoms with E-state index in [1.807, 2.05) is 0 Å². The minimum atomic E-state index is -0.959. The number of hydrogen-bond acceptors (Lipinski definition) is 5. The van der Waals surface area contributed by atoms with Crippen LogP contribution >= 0.6 is 0 Å². The van der Waals surface area contributed by atoms with Gasteiger partial charge < -0.3 is 9.47 Å². The molecular formula is C22H28N2O5. The molecule has 1 aromatic carbocycles.